The summed E-state index contributed by atoms with van der Waals surface area (Å²) in [7, 11) is 1.23. The van der Waals surface area contributed by atoms with E-state index in [9.17, 15) is 14.0 Å². The molecule has 0 saturated heterocycles. The number of ether oxygens (including phenoxy) is 1. The fourth-order valence-electron chi connectivity index (χ4n) is 1.79. The number of methoxy groups -OCH3 is 1. The van der Waals surface area contributed by atoms with Crippen LogP contribution in [0.25, 0.3) is 5.57 Å². The molecule has 0 bridgehead atoms. The van der Waals surface area contributed by atoms with Gasteiger partial charge in [-0.3, -0.25) is 4.79 Å². The normalized spacial score (nSPS) is 14.9. The van der Waals surface area contributed by atoms with E-state index in [4.69, 9.17) is 0 Å². The Morgan fingerprint density at radius 3 is 2.50 bits per heavy atom. The van der Waals surface area contributed by atoms with E-state index in [1.165, 1.54) is 37.5 Å². The number of hydrogen-bond donors (Lipinski definition) is 0. The van der Waals surface area contributed by atoms with Crippen LogP contribution in [0.4, 0.5) is 4.39 Å². The summed E-state index contributed by atoms with van der Waals surface area (Å²) in [5.74, 6) is -1.40. The fraction of sp³-hybridized carbons (Fsp3) is 0.143. The van der Waals surface area contributed by atoms with E-state index in [0.29, 0.717) is 17.6 Å². The summed E-state index contributed by atoms with van der Waals surface area (Å²) in [6, 6.07) is 5.58. The molecule has 4 heteroatoms. The first-order valence-corrected chi connectivity index (χ1v) is 5.42. The molecule has 1 aliphatic carbocycles. The van der Waals surface area contributed by atoms with Gasteiger partial charge in [0.1, 0.15) is 11.4 Å². The first-order chi connectivity index (χ1) is 8.63. The van der Waals surface area contributed by atoms with Crippen molar-refractivity contribution in [1.29, 1.82) is 0 Å². The highest BCUT2D eigenvalue weighted by atomic mass is 19.1. The maximum Gasteiger partial charge on any atom is 0.341 e. The molecule has 0 aliphatic heterocycles. The summed E-state index contributed by atoms with van der Waals surface area (Å²) in [6.45, 7) is 0. The van der Waals surface area contributed by atoms with Crippen LogP contribution in [-0.4, -0.2) is 18.9 Å². The Hall–Kier alpha value is -2.23. The van der Waals surface area contributed by atoms with Crippen LogP contribution >= 0.6 is 0 Å². The zero-order valence-electron chi connectivity index (χ0n) is 9.77. The van der Waals surface area contributed by atoms with E-state index in [-0.39, 0.29) is 17.2 Å². The number of halogens is 1. The van der Waals surface area contributed by atoms with E-state index >= 15 is 0 Å². The van der Waals surface area contributed by atoms with Crippen LogP contribution in [0, 0.1) is 5.82 Å². The topological polar surface area (TPSA) is 43.4 Å². The minimum Gasteiger partial charge on any atom is -0.465 e. The van der Waals surface area contributed by atoms with E-state index in [0.717, 1.165) is 0 Å². The summed E-state index contributed by atoms with van der Waals surface area (Å²) in [4.78, 5) is 23.5. The van der Waals surface area contributed by atoms with Gasteiger partial charge in [0.25, 0.3) is 0 Å². The predicted molar refractivity (Wildman–Crippen MR) is 64.1 cm³/mol. The lowest BCUT2D eigenvalue weighted by molar-refractivity contribution is -0.137. The van der Waals surface area contributed by atoms with Gasteiger partial charge in [0.2, 0.25) is 0 Å². The van der Waals surface area contributed by atoms with Gasteiger partial charge in [0.05, 0.1) is 7.11 Å². The summed E-state index contributed by atoms with van der Waals surface area (Å²) < 4.78 is 17.4. The van der Waals surface area contributed by atoms with E-state index < -0.39 is 5.97 Å². The minimum atomic E-state index is -0.646. The third kappa shape index (κ3) is 2.22. The van der Waals surface area contributed by atoms with Crippen LogP contribution < -0.4 is 0 Å². The van der Waals surface area contributed by atoms with Crippen molar-refractivity contribution in [3.63, 3.8) is 0 Å². The highest BCUT2D eigenvalue weighted by molar-refractivity contribution is 6.37. The van der Waals surface area contributed by atoms with Crippen LogP contribution in [0.5, 0.6) is 0 Å². The van der Waals surface area contributed by atoms with Crippen molar-refractivity contribution < 1.29 is 18.7 Å². The minimum absolute atomic E-state index is 0.0272. The third-order valence-corrected chi connectivity index (χ3v) is 2.69. The molecule has 0 heterocycles. The van der Waals surface area contributed by atoms with Crippen LogP contribution in [-0.2, 0) is 14.3 Å². The van der Waals surface area contributed by atoms with Gasteiger partial charge in [0.15, 0.2) is 5.78 Å². The van der Waals surface area contributed by atoms with Gasteiger partial charge in [-0.05, 0) is 24.1 Å². The fourth-order valence-corrected chi connectivity index (χ4v) is 1.79. The molecule has 0 saturated carbocycles. The highest BCUT2D eigenvalue weighted by Gasteiger charge is 2.25. The lowest BCUT2D eigenvalue weighted by atomic mass is 9.91. The zero-order chi connectivity index (χ0) is 13.1. The molecule has 3 nitrogen and oxygen atoms in total. The number of Topliss-reactive ketones (excluding diaryl/α,β-unsaturated/α-hetero) is 1. The Morgan fingerprint density at radius 1 is 1.22 bits per heavy atom. The van der Waals surface area contributed by atoms with Gasteiger partial charge in [0, 0.05) is 5.57 Å². The second kappa shape index (κ2) is 4.96. The molecule has 0 atom stereocenters. The van der Waals surface area contributed by atoms with Crippen molar-refractivity contribution >= 4 is 17.3 Å². The smallest absolute Gasteiger partial charge is 0.341 e. The lowest BCUT2D eigenvalue weighted by Gasteiger charge is -2.12. The molecule has 1 aromatic rings. The second-order valence-corrected chi connectivity index (χ2v) is 3.80. The first kappa shape index (κ1) is 12.2. The molecule has 1 aromatic carbocycles. The summed E-state index contributed by atoms with van der Waals surface area (Å²) >= 11 is 0. The SMILES string of the molecule is COC(=O)C1=CCC=C(c2ccc(F)cc2)C1=O. The van der Waals surface area contributed by atoms with Crippen molar-refractivity contribution in [2.45, 2.75) is 6.42 Å². The number of carbonyl (C=O) groups is 2. The highest BCUT2D eigenvalue weighted by Crippen LogP contribution is 2.24. The van der Waals surface area contributed by atoms with E-state index in [2.05, 4.69) is 4.74 Å². The Kier molecular flexibility index (Phi) is 3.37. The van der Waals surface area contributed by atoms with Crippen LogP contribution in [0.15, 0.2) is 42.0 Å². The number of allylic oxidation sites excluding steroid dienone is 3. The number of hydrogen-bond acceptors (Lipinski definition) is 3. The Labute approximate surface area is 104 Å². The van der Waals surface area contributed by atoms with Crippen LogP contribution in [0.3, 0.4) is 0 Å². The van der Waals surface area contributed by atoms with Crippen molar-refractivity contribution in [2.75, 3.05) is 7.11 Å². The summed E-state index contributed by atoms with van der Waals surface area (Å²) in [5, 5.41) is 0. The predicted octanol–water partition coefficient (Wildman–Crippen LogP) is 2.28. The number of esters is 1. The second-order valence-electron chi connectivity index (χ2n) is 3.80. The Balaban J connectivity index is 2.31. The van der Waals surface area contributed by atoms with E-state index in [1.54, 1.807) is 6.08 Å². The van der Waals surface area contributed by atoms with Crippen molar-refractivity contribution in [3.05, 3.63) is 53.4 Å². The molecule has 1 aliphatic rings. The van der Waals surface area contributed by atoms with E-state index in [1.807, 2.05) is 0 Å². The first-order valence-electron chi connectivity index (χ1n) is 5.42. The summed E-state index contributed by atoms with van der Waals surface area (Å²) in [6.07, 6.45) is 3.71. The van der Waals surface area contributed by atoms with Crippen molar-refractivity contribution in [2.24, 2.45) is 0 Å². The molecular formula is C14H11FO3. The molecule has 2 rings (SSSR count). The average molecular weight is 246 g/mol. The number of ketones is 1. The molecule has 0 aromatic heterocycles. The molecule has 0 unspecified atom stereocenters. The lowest BCUT2D eigenvalue weighted by Crippen LogP contribution is -2.18. The number of rotatable bonds is 2. The molecule has 0 amide bonds. The average Bonchev–Trinajstić information content (AvgIpc) is 2.39. The third-order valence-electron chi connectivity index (χ3n) is 2.69. The van der Waals surface area contributed by atoms with Gasteiger partial charge in [-0.25, -0.2) is 9.18 Å². The van der Waals surface area contributed by atoms with Crippen LogP contribution in [0.2, 0.25) is 0 Å². The number of carbonyl (C=O) groups excluding carboxylic acids is 2. The molecule has 92 valence electrons. The molecule has 0 N–H and O–H groups in total. The zero-order valence-corrected chi connectivity index (χ0v) is 9.77. The molecule has 18 heavy (non-hydrogen) atoms. The monoisotopic (exact) mass is 246 g/mol. The van der Waals surface area contributed by atoms with Gasteiger partial charge < -0.3 is 4.74 Å². The number of benzene rings is 1. The quantitative estimate of drug-likeness (QED) is 0.594. The van der Waals surface area contributed by atoms with Crippen LogP contribution in [0.1, 0.15) is 12.0 Å². The van der Waals surface area contributed by atoms with Crippen molar-refractivity contribution in [1.82, 2.24) is 0 Å². The van der Waals surface area contributed by atoms with Gasteiger partial charge in [-0.1, -0.05) is 24.3 Å². The van der Waals surface area contributed by atoms with Gasteiger partial charge in [-0.15, -0.1) is 0 Å². The Morgan fingerprint density at radius 2 is 1.89 bits per heavy atom. The van der Waals surface area contributed by atoms with Gasteiger partial charge in [-0.2, -0.15) is 0 Å². The standard InChI is InChI=1S/C14H11FO3/c1-18-14(17)12-4-2-3-11(13(12)16)9-5-7-10(15)8-6-9/h3-8H,2H2,1H3. The van der Waals surface area contributed by atoms with Gasteiger partial charge >= 0.3 is 5.97 Å². The molecular weight excluding hydrogens is 235 g/mol. The summed E-state index contributed by atoms with van der Waals surface area (Å²) in [5.41, 5.74) is 1.02. The maximum atomic E-state index is 12.8. The van der Waals surface area contributed by atoms with Crippen molar-refractivity contribution in [3.8, 4) is 0 Å². The molecule has 0 fully saturated rings. The molecule has 0 spiro atoms. The largest absolute Gasteiger partial charge is 0.465 e. The maximum absolute atomic E-state index is 12.8. The Bertz CT molecular complexity index is 553. The molecule has 0 radical (unpaired) electrons.